The first-order valence-corrected chi connectivity index (χ1v) is 10.3. The van der Waals surface area contributed by atoms with Crippen LogP contribution in [0.25, 0.3) is 11.1 Å². The molecule has 0 saturated carbocycles. The van der Waals surface area contributed by atoms with Gasteiger partial charge >= 0.3 is 12.1 Å². The van der Waals surface area contributed by atoms with Crippen LogP contribution in [0.1, 0.15) is 29.0 Å². The van der Waals surface area contributed by atoms with Crippen molar-refractivity contribution in [1.82, 2.24) is 9.88 Å². The number of rotatable bonds is 8. The summed E-state index contributed by atoms with van der Waals surface area (Å²) in [5.41, 5.74) is 5.59. The molecule has 1 aliphatic carbocycles. The molecule has 1 aromatic heterocycles. The quantitative estimate of drug-likeness (QED) is 0.532. The molecule has 166 valence electrons. The SMILES string of the molecule is Cl.O=C(O)CN(CCCc1cccnc1)C(=O)OCC1c2ccccc2-c2ccccc21. The molecule has 0 spiro atoms. The third-order valence-electron chi connectivity index (χ3n) is 5.54. The smallest absolute Gasteiger partial charge is 0.410 e. The zero-order valence-corrected chi connectivity index (χ0v) is 18.3. The molecule has 32 heavy (non-hydrogen) atoms. The average Bonchev–Trinajstić information content (AvgIpc) is 3.11. The van der Waals surface area contributed by atoms with E-state index in [0.29, 0.717) is 19.4 Å². The van der Waals surface area contributed by atoms with Crippen molar-refractivity contribution in [3.63, 3.8) is 0 Å². The van der Waals surface area contributed by atoms with E-state index >= 15 is 0 Å². The molecule has 1 heterocycles. The summed E-state index contributed by atoms with van der Waals surface area (Å²) in [6.45, 7) is 0.0904. The molecule has 4 rings (SSSR count). The lowest BCUT2D eigenvalue weighted by atomic mass is 9.98. The minimum atomic E-state index is -1.06. The fourth-order valence-corrected chi connectivity index (χ4v) is 4.10. The molecular formula is C25H25ClN2O4. The fraction of sp³-hybridized carbons (Fsp3) is 0.240. The van der Waals surface area contributed by atoms with Crippen molar-refractivity contribution in [3.8, 4) is 11.1 Å². The van der Waals surface area contributed by atoms with Gasteiger partial charge in [-0.05, 0) is 46.7 Å². The molecule has 1 amide bonds. The van der Waals surface area contributed by atoms with Crippen LogP contribution in [0.4, 0.5) is 4.79 Å². The zero-order valence-electron chi connectivity index (χ0n) is 17.5. The fourth-order valence-electron chi connectivity index (χ4n) is 4.10. The van der Waals surface area contributed by atoms with E-state index in [1.54, 1.807) is 12.4 Å². The summed E-state index contributed by atoms with van der Waals surface area (Å²) >= 11 is 0. The Balaban J connectivity index is 0.00000289. The molecular weight excluding hydrogens is 428 g/mol. The average molecular weight is 453 g/mol. The van der Waals surface area contributed by atoms with E-state index in [0.717, 1.165) is 27.8 Å². The lowest BCUT2D eigenvalue weighted by molar-refractivity contribution is -0.138. The van der Waals surface area contributed by atoms with E-state index in [1.165, 1.54) is 4.90 Å². The summed E-state index contributed by atoms with van der Waals surface area (Å²) in [4.78, 5) is 29.3. The van der Waals surface area contributed by atoms with Gasteiger partial charge in [-0.1, -0.05) is 54.6 Å². The number of carboxylic acids is 1. The summed E-state index contributed by atoms with van der Waals surface area (Å²) < 4.78 is 5.62. The van der Waals surface area contributed by atoms with Crippen LogP contribution < -0.4 is 0 Å². The Hall–Kier alpha value is -3.38. The van der Waals surface area contributed by atoms with Crippen molar-refractivity contribution >= 4 is 24.5 Å². The predicted molar refractivity (Wildman–Crippen MR) is 124 cm³/mol. The van der Waals surface area contributed by atoms with Crippen molar-refractivity contribution < 1.29 is 19.4 Å². The molecule has 7 heteroatoms. The second kappa shape index (κ2) is 10.8. The van der Waals surface area contributed by atoms with Gasteiger partial charge in [-0.2, -0.15) is 0 Å². The summed E-state index contributed by atoms with van der Waals surface area (Å²) in [5, 5.41) is 9.23. The Morgan fingerprint density at radius 1 is 0.969 bits per heavy atom. The van der Waals surface area contributed by atoms with E-state index in [9.17, 15) is 14.7 Å². The molecule has 3 aromatic rings. The van der Waals surface area contributed by atoms with Crippen molar-refractivity contribution in [3.05, 3.63) is 89.7 Å². The van der Waals surface area contributed by atoms with Crippen molar-refractivity contribution in [1.29, 1.82) is 0 Å². The molecule has 1 N–H and O–H groups in total. The second-order valence-electron chi connectivity index (χ2n) is 7.58. The van der Waals surface area contributed by atoms with Gasteiger partial charge in [0.1, 0.15) is 13.2 Å². The summed E-state index contributed by atoms with van der Waals surface area (Å²) in [6.07, 6.45) is 4.21. The maximum absolute atomic E-state index is 12.7. The van der Waals surface area contributed by atoms with Crippen LogP contribution >= 0.6 is 12.4 Å². The first-order valence-electron chi connectivity index (χ1n) is 10.3. The van der Waals surface area contributed by atoms with Crippen LogP contribution in [0.2, 0.25) is 0 Å². The highest BCUT2D eigenvalue weighted by Crippen LogP contribution is 2.44. The molecule has 0 bridgehead atoms. The molecule has 6 nitrogen and oxygen atoms in total. The number of fused-ring (bicyclic) bond motifs is 3. The highest BCUT2D eigenvalue weighted by atomic mass is 35.5. The minimum absolute atomic E-state index is 0. The maximum atomic E-state index is 12.7. The molecule has 0 aliphatic heterocycles. The number of nitrogens with zero attached hydrogens (tertiary/aromatic N) is 2. The van der Waals surface area contributed by atoms with E-state index in [4.69, 9.17) is 4.74 Å². The summed E-state index contributed by atoms with van der Waals surface area (Å²) in [7, 11) is 0. The molecule has 1 aliphatic rings. The van der Waals surface area contributed by atoms with Gasteiger partial charge in [0.2, 0.25) is 0 Å². The van der Waals surface area contributed by atoms with E-state index in [2.05, 4.69) is 29.2 Å². The number of hydrogen-bond acceptors (Lipinski definition) is 4. The van der Waals surface area contributed by atoms with Gasteiger partial charge in [0.05, 0.1) is 0 Å². The Bertz CT molecular complexity index is 1030. The third kappa shape index (κ3) is 5.26. The number of carbonyl (C=O) groups excluding carboxylic acids is 1. The number of aromatic nitrogens is 1. The van der Waals surface area contributed by atoms with Crippen molar-refractivity contribution in [2.75, 3.05) is 19.7 Å². The van der Waals surface area contributed by atoms with Crippen LogP contribution in [0.5, 0.6) is 0 Å². The first-order chi connectivity index (χ1) is 15.1. The number of aliphatic carboxylic acids is 1. The number of pyridine rings is 1. The van der Waals surface area contributed by atoms with Crippen LogP contribution in [-0.4, -0.2) is 46.7 Å². The standard InChI is InChI=1S/C25H24N2O4.ClH/c28-24(29)16-27(14-6-8-18-7-5-13-26-15-18)25(30)31-17-23-21-11-3-1-9-19(21)20-10-2-4-12-22(20)23;/h1-5,7,9-13,15,23H,6,8,14,16-17H2,(H,28,29);1H. The zero-order chi connectivity index (χ0) is 21.6. The molecule has 0 unspecified atom stereocenters. The van der Waals surface area contributed by atoms with Gasteiger partial charge < -0.3 is 9.84 Å². The first kappa shape index (κ1) is 23.3. The highest BCUT2D eigenvalue weighted by Gasteiger charge is 2.29. The monoisotopic (exact) mass is 452 g/mol. The van der Waals surface area contributed by atoms with Gasteiger partial charge in [-0.3, -0.25) is 14.7 Å². The molecule has 0 saturated heterocycles. The third-order valence-corrected chi connectivity index (χ3v) is 5.54. The van der Waals surface area contributed by atoms with Gasteiger partial charge in [0, 0.05) is 24.9 Å². The number of hydrogen-bond donors (Lipinski definition) is 1. The molecule has 0 fully saturated rings. The minimum Gasteiger partial charge on any atom is -0.480 e. The van der Waals surface area contributed by atoms with E-state index < -0.39 is 12.1 Å². The van der Waals surface area contributed by atoms with E-state index in [-0.39, 0.29) is 31.5 Å². The Morgan fingerprint density at radius 2 is 1.62 bits per heavy atom. The molecule has 0 atom stereocenters. The van der Waals surface area contributed by atoms with Gasteiger partial charge in [0.15, 0.2) is 0 Å². The van der Waals surface area contributed by atoms with Gasteiger partial charge in [-0.25, -0.2) is 4.79 Å². The maximum Gasteiger partial charge on any atom is 0.410 e. The molecule has 2 aromatic carbocycles. The number of carbonyl (C=O) groups is 2. The van der Waals surface area contributed by atoms with Crippen LogP contribution in [-0.2, 0) is 16.0 Å². The van der Waals surface area contributed by atoms with Crippen LogP contribution in [0, 0.1) is 0 Å². The van der Waals surface area contributed by atoms with Gasteiger partial charge in [-0.15, -0.1) is 12.4 Å². The number of benzene rings is 2. The summed E-state index contributed by atoms with van der Waals surface area (Å²) in [6, 6.07) is 20.0. The van der Waals surface area contributed by atoms with Gasteiger partial charge in [0.25, 0.3) is 0 Å². The largest absolute Gasteiger partial charge is 0.480 e. The Labute approximate surface area is 193 Å². The Kier molecular flexibility index (Phi) is 7.84. The highest BCUT2D eigenvalue weighted by molar-refractivity contribution is 5.85. The van der Waals surface area contributed by atoms with Crippen LogP contribution in [0.3, 0.4) is 0 Å². The topological polar surface area (TPSA) is 79.7 Å². The number of amides is 1. The normalized spacial score (nSPS) is 11.8. The lowest BCUT2D eigenvalue weighted by Crippen LogP contribution is -2.37. The van der Waals surface area contributed by atoms with Crippen molar-refractivity contribution in [2.24, 2.45) is 0 Å². The Morgan fingerprint density at radius 3 is 2.22 bits per heavy atom. The number of aryl methyl sites for hydroxylation is 1. The number of halogens is 1. The second-order valence-corrected chi connectivity index (χ2v) is 7.58. The predicted octanol–water partition coefficient (Wildman–Crippen LogP) is 4.77. The lowest BCUT2D eigenvalue weighted by Gasteiger charge is -2.22. The number of ether oxygens (including phenoxy) is 1. The summed E-state index contributed by atoms with van der Waals surface area (Å²) in [5.74, 6) is -1.12. The number of carboxylic acid groups (broad SMARTS) is 1. The van der Waals surface area contributed by atoms with Crippen LogP contribution in [0.15, 0.2) is 73.1 Å². The molecule has 0 radical (unpaired) electrons. The van der Waals surface area contributed by atoms with Crippen molar-refractivity contribution in [2.45, 2.75) is 18.8 Å². The van der Waals surface area contributed by atoms with E-state index in [1.807, 2.05) is 36.4 Å².